The molecule has 0 amide bonds. The summed E-state index contributed by atoms with van der Waals surface area (Å²) in [6.45, 7) is 0. The van der Waals surface area contributed by atoms with E-state index in [9.17, 15) is 0 Å². The van der Waals surface area contributed by atoms with Crippen LogP contribution in [0.3, 0.4) is 0 Å². The summed E-state index contributed by atoms with van der Waals surface area (Å²) in [5.41, 5.74) is 0. The van der Waals surface area contributed by atoms with Crippen molar-refractivity contribution in [1.82, 2.24) is 14.8 Å². The van der Waals surface area contributed by atoms with Gasteiger partial charge in [0.05, 0.1) is 6.07 Å². The molecule has 6 heteroatoms. The minimum absolute atomic E-state index is 0.203. The first kappa shape index (κ1) is 9.86. The summed E-state index contributed by atoms with van der Waals surface area (Å²) in [7, 11) is 1.72. The van der Waals surface area contributed by atoms with Crippen LogP contribution in [-0.2, 0) is 7.05 Å². The highest BCUT2D eigenvalue weighted by Gasteiger charge is 2.04. The number of hydrogen-bond donors (Lipinski definition) is 1. The van der Waals surface area contributed by atoms with Crippen LogP contribution in [0.1, 0.15) is 12.8 Å². The van der Waals surface area contributed by atoms with Gasteiger partial charge in [0.15, 0.2) is 5.16 Å². The maximum Gasteiger partial charge on any atom is 0.333 e. The fraction of sp³-hybridized carbons (Fsp3) is 0.571. The molecule has 0 saturated heterocycles. The fourth-order valence-corrected chi connectivity index (χ4v) is 1.64. The molecule has 0 aliphatic heterocycles. The topological polar surface area (TPSA) is 74.7 Å². The molecule has 0 fully saturated rings. The average molecular weight is 198 g/mol. The predicted molar refractivity (Wildman–Crippen MR) is 48.2 cm³/mol. The van der Waals surface area contributed by atoms with Crippen molar-refractivity contribution in [3.05, 3.63) is 0 Å². The second-order valence-corrected chi connectivity index (χ2v) is 3.49. The van der Waals surface area contributed by atoms with E-state index in [1.807, 2.05) is 0 Å². The third-order valence-electron chi connectivity index (χ3n) is 1.38. The van der Waals surface area contributed by atoms with Crippen molar-refractivity contribution in [2.75, 3.05) is 5.75 Å². The number of hydrogen-bond acceptors (Lipinski definition) is 5. The molecule has 5 nitrogen and oxygen atoms in total. The molecule has 0 saturated carbocycles. The van der Waals surface area contributed by atoms with Gasteiger partial charge in [-0.1, -0.05) is 11.8 Å². The van der Waals surface area contributed by atoms with E-state index in [2.05, 4.69) is 16.2 Å². The predicted octanol–water partition coefficient (Wildman–Crippen LogP) is 0.917. The molecule has 0 aliphatic carbocycles. The Balaban J connectivity index is 2.37. The first-order valence-corrected chi connectivity index (χ1v) is 4.82. The fourth-order valence-electron chi connectivity index (χ4n) is 0.798. The lowest BCUT2D eigenvalue weighted by molar-refractivity contribution is 0.427. The molecular formula is C7H10N4OS. The number of rotatable bonds is 4. The van der Waals surface area contributed by atoms with Gasteiger partial charge in [-0.05, 0) is 6.42 Å². The van der Waals surface area contributed by atoms with E-state index in [1.54, 1.807) is 7.05 Å². The van der Waals surface area contributed by atoms with Crippen LogP contribution in [0, 0.1) is 11.3 Å². The summed E-state index contributed by atoms with van der Waals surface area (Å²) < 4.78 is 1.52. The van der Waals surface area contributed by atoms with Crippen LogP contribution >= 0.6 is 11.8 Å². The largest absolute Gasteiger partial charge is 0.478 e. The number of aromatic hydroxyl groups is 1. The number of nitrogens with zero attached hydrogens (tertiary/aromatic N) is 4. The van der Waals surface area contributed by atoms with E-state index in [-0.39, 0.29) is 6.01 Å². The smallest absolute Gasteiger partial charge is 0.333 e. The molecule has 70 valence electrons. The Labute approximate surface area is 80.4 Å². The highest BCUT2D eigenvalue weighted by Crippen LogP contribution is 2.17. The van der Waals surface area contributed by atoms with Crippen molar-refractivity contribution in [3.63, 3.8) is 0 Å². The Hall–Kier alpha value is -1.22. The van der Waals surface area contributed by atoms with Crippen molar-refractivity contribution in [1.29, 1.82) is 5.26 Å². The van der Waals surface area contributed by atoms with Gasteiger partial charge in [0.25, 0.3) is 0 Å². The lowest BCUT2D eigenvalue weighted by Crippen LogP contribution is -1.93. The van der Waals surface area contributed by atoms with E-state index < -0.39 is 0 Å². The van der Waals surface area contributed by atoms with Gasteiger partial charge < -0.3 is 5.11 Å². The third kappa shape index (κ3) is 2.95. The molecule has 0 unspecified atom stereocenters. The number of aryl methyl sites for hydroxylation is 1. The van der Waals surface area contributed by atoms with Crippen LogP contribution in [0.5, 0.6) is 6.01 Å². The molecule has 1 heterocycles. The molecule has 13 heavy (non-hydrogen) atoms. The molecule has 0 aliphatic rings. The molecule has 0 bridgehead atoms. The Morgan fingerprint density at radius 2 is 2.46 bits per heavy atom. The first-order chi connectivity index (χ1) is 6.24. The van der Waals surface area contributed by atoms with Crippen molar-refractivity contribution in [2.24, 2.45) is 7.05 Å². The first-order valence-electron chi connectivity index (χ1n) is 3.84. The number of nitriles is 1. The van der Waals surface area contributed by atoms with Gasteiger partial charge >= 0.3 is 6.01 Å². The van der Waals surface area contributed by atoms with E-state index in [0.717, 1.165) is 12.2 Å². The monoisotopic (exact) mass is 198 g/mol. The lowest BCUT2D eigenvalue weighted by Gasteiger charge is -1.96. The second-order valence-electron chi connectivity index (χ2n) is 2.43. The van der Waals surface area contributed by atoms with Crippen LogP contribution in [0.15, 0.2) is 5.16 Å². The summed E-state index contributed by atoms with van der Waals surface area (Å²) in [5.74, 6) is 0.819. The lowest BCUT2D eigenvalue weighted by atomic mass is 10.4. The molecular weight excluding hydrogens is 188 g/mol. The highest BCUT2D eigenvalue weighted by atomic mass is 32.2. The summed E-state index contributed by atoms with van der Waals surface area (Å²) >= 11 is 1.49. The minimum atomic E-state index is -0.203. The van der Waals surface area contributed by atoms with Gasteiger partial charge in [-0.2, -0.15) is 10.2 Å². The van der Waals surface area contributed by atoms with E-state index in [1.165, 1.54) is 16.4 Å². The van der Waals surface area contributed by atoms with Crippen LogP contribution in [0.4, 0.5) is 0 Å². The maximum absolute atomic E-state index is 8.93. The number of unbranched alkanes of at least 4 members (excludes halogenated alkanes) is 1. The third-order valence-corrected chi connectivity index (χ3v) is 2.48. The number of thioether (sulfide) groups is 1. The second kappa shape index (κ2) is 4.72. The van der Waals surface area contributed by atoms with E-state index >= 15 is 0 Å². The Morgan fingerprint density at radius 3 is 3.00 bits per heavy atom. The standard InChI is InChI=1S/C7H10N4OS/c1-11-7(9-6(12)10-11)13-5-3-2-4-8/h2-3,5H2,1H3,(H,10,12). The quantitative estimate of drug-likeness (QED) is 0.575. The summed E-state index contributed by atoms with van der Waals surface area (Å²) in [6.07, 6.45) is 1.38. The Bertz CT molecular complexity index is 317. The molecule has 0 atom stereocenters. The van der Waals surface area contributed by atoms with Gasteiger partial charge in [-0.15, -0.1) is 5.10 Å². The van der Waals surface area contributed by atoms with Crippen molar-refractivity contribution >= 4 is 11.8 Å². The van der Waals surface area contributed by atoms with E-state index in [0.29, 0.717) is 11.6 Å². The minimum Gasteiger partial charge on any atom is -0.478 e. The van der Waals surface area contributed by atoms with Gasteiger partial charge in [0.2, 0.25) is 0 Å². The molecule has 1 N–H and O–H groups in total. The molecule has 1 rings (SSSR count). The molecule has 0 spiro atoms. The van der Waals surface area contributed by atoms with Gasteiger partial charge in [-0.3, -0.25) is 0 Å². The summed E-state index contributed by atoms with van der Waals surface area (Å²) in [4.78, 5) is 3.80. The molecule has 1 aromatic heterocycles. The highest BCUT2D eigenvalue weighted by molar-refractivity contribution is 7.99. The normalized spacial score (nSPS) is 9.85. The molecule has 0 radical (unpaired) electrons. The molecule has 0 aromatic carbocycles. The molecule has 1 aromatic rings. The van der Waals surface area contributed by atoms with Gasteiger partial charge in [0, 0.05) is 19.2 Å². The SMILES string of the molecule is Cn1nc(O)nc1SCCCC#N. The average Bonchev–Trinajstić information content (AvgIpc) is 2.39. The summed E-state index contributed by atoms with van der Waals surface area (Å²) in [6, 6.07) is 1.86. The zero-order chi connectivity index (χ0) is 9.68. The van der Waals surface area contributed by atoms with Crippen molar-refractivity contribution in [2.45, 2.75) is 18.0 Å². The van der Waals surface area contributed by atoms with Gasteiger partial charge in [0.1, 0.15) is 0 Å². The van der Waals surface area contributed by atoms with Crippen LogP contribution < -0.4 is 0 Å². The summed E-state index contributed by atoms with van der Waals surface area (Å²) in [5, 5.41) is 21.6. The zero-order valence-electron chi connectivity index (χ0n) is 7.27. The maximum atomic E-state index is 8.93. The Morgan fingerprint density at radius 1 is 1.69 bits per heavy atom. The number of aromatic nitrogens is 3. The Kier molecular flexibility index (Phi) is 3.58. The van der Waals surface area contributed by atoms with Crippen LogP contribution in [0.25, 0.3) is 0 Å². The van der Waals surface area contributed by atoms with Crippen molar-refractivity contribution < 1.29 is 5.11 Å². The van der Waals surface area contributed by atoms with Crippen LogP contribution in [-0.4, -0.2) is 25.6 Å². The zero-order valence-corrected chi connectivity index (χ0v) is 8.08. The van der Waals surface area contributed by atoms with Crippen molar-refractivity contribution in [3.8, 4) is 12.1 Å². The van der Waals surface area contributed by atoms with Crippen LogP contribution in [0.2, 0.25) is 0 Å². The van der Waals surface area contributed by atoms with Gasteiger partial charge in [-0.25, -0.2) is 4.68 Å². The van der Waals surface area contributed by atoms with E-state index in [4.69, 9.17) is 10.4 Å².